The predicted molar refractivity (Wildman–Crippen MR) is 45.0 cm³/mol. The Kier molecular flexibility index (Phi) is 1.95. The van der Waals surface area contributed by atoms with Gasteiger partial charge in [0, 0.05) is 13.1 Å². The third-order valence-corrected chi connectivity index (χ3v) is 3.19. The lowest BCUT2D eigenvalue weighted by atomic mass is 9.84. The molecule has 68 valence electrons. The van der Waals surface area contributed by atoms with E-state index < -0.39 is 6.09 Å². The van der Waals surface area contributed by atoms with Gasteiger partial charge in [0.1, 0.15) is 0 Å². The highest BCUT2D eigenvalue weighted by Crippen LogP contribution is 2.33. The Morgan fingerprint density at radius 2 is 1.50 bits per heavy atom. The molecule has 2 bridgehead atoms. The maximum absolute atomic E-state index is 10.8. The molecule has 3 rings (SSSR count). The van der Waals surface area contributed by atoms with Crippen molar-refractivity contribution in [1.29, 1.82) is 0 Å². The molecule has 0 atom stereocenters. The second kappa shape index (κ2) is 2.96. The summed E-state index contributed by atoms with van der Waals surface area (Å²) >= 11 is 0. The molecule has 0 aromatic rings. The van der Waals surface area contributed by atoms with Crippen LogP contribution in [-0.2, 0) is 0 Å². The molecule has 0 unspecified atom stereocenters. The van der Waals surface area contributed by atoms with Crippen molar-refractivity contribution in [1.82, 2.24) is 4.90 Å². The highest BCUT2D eigenvalue weighted by molar-refractivity contribution is 5.65. The minimum absolute atomic E-state index is 0.653. The van der Waals surface area contributed by atoms with Gasteiger partial charge in [0.15, 0.2) is 0 Å². The zero-order chi connectivity index (χ0) is 8.55. The second-order valence-electron chi connectivity index (χ2n) is 4.07. The van der Waals surface area contributed by atoms with E-state index in [1.807, 2.05) is 0 Å². The van der Waals surface area contributed by atoms with Crippen LogP contribution < -0.4 is 0 Å². The third-order valence-electron chi connectivity index (χ3n) is 3.19. The average Bonchev–Trinajstić information content (AvgIpc) is 2.36. The van der Waals surface area contributed by atoms with Gasteiger partial charge in [-0.3, -0.25) is 0 Å². The molecule has 3 aliphatic rings. The molecular formula is C9H15NO2. The van der Waals surface area contributed by atoms with E-state index >= 15 is 0 Å². The number of fused-ring (bicyclic) bond motifs is 4. The molecule has 1 saturated carbocycles. The van der Waals surface area contributed by atoms with Gasteiger partial charge in [-0.2, -0.15) is 0 Å². The number of amides is 1. The van der Waals surface area contributed by atoms with Crippen molar-refractivity contribution in [3.05, 3.63) is 0 Å². The first kappa shape index (κ1) is 7.90. The van der Waals surface area contributed by atoms with Gasteiger partial charge in [-0.1, -0.05) is 0 Å². The zero-order valence-electron chi connectivity index (χ0n) is 7.20. The van der Waals surface area contributed by atoms with Crippen molar-refractivity contribution in [2.45, 2.75) is 25.7 Å². The molecule has 0 aromatic heterocycles. The number of rotatable bonds is 0. The Bertz CT molecular complexity index is 171. The summed E-state index contributed by atoms with van der Waals surface area (Å²) in [5.41, 5.74) is 0. The average molecular weight is 169 g/mol. The first-order chi connectivity index (χ1) is 5.75. The maximum atomic E-state index is 10.8. The Hall–Kier alpha value is -0.730. The largest absolute Gasteiger partial charge is 0.465 e. The van der Waals surface area contributed by atoms with Crippen LogP contribution in [0.15, 0.2) is 0 Å². The quantitative estimate of drug-likeness (QED) is 0.600. The molecule has 12 heavy (non-hydrogen) atoms. The monoisotopic (exact) mass is 169 g/mol. The minimum Gasteiger partial charge on any atom is -0.465 e. The number of carboxylic acid groups (broad SMARTS) is 1. The first-order valence-corrected chi connectivity index (χ1v) is 4.73. The van der Waals surface area contributed by atoms with E-state index in [0.717, 1.165) is 13.1 Å². The van der Waals surface area contributed by atoms with Crippen LogP contribution in [-0.4, -0.2) is 29.2 Å². The number of hydrogen-bond donors (Lipinski definition) is 1. The SMILES string of the molecule is O=C(O)N1CC2CCC(CC2)C1. The van der Waals surface area contributed by atoms with Crippen LogP contribution in [0.4, 0.5) is 4.79 Å². The smallest absolute Gasteiger partial charge is 0.407 e. The summed E-state index contributed by atoms with van der Waals surface area (Å²) in [6.07, 6.45) is 4.25. The summed E-state index contributed by atoms with van der Waals surface area (Å²) in [5, 5.41) is 8.85. The van der Waals surface area contributed by atoms with Crippen molar-refractivity contribution >= 4 is 6.09 Å². The fourth-order valence-electron chi connectivity index (χ4n) is 2.45. The van der Waals surface area contributed by atoms with Gasteiger partial charge < -0.3 is 10.0 Å². The molecule has 2 saturated heterocycles. The molecule has 0 aromatic carbocycles. The van der Waals surface area contributed by atoms with Crippen LogP contribution in [0.2, 0.25) is 0 Å². The van der Waals surface area contributed by atoms with Crippen LogP contribution in [0.3, 0.4) is 0 Å². The summed E-state index contributed by atoms with van der Waals surface area (Å²) in [6, 6.07) is 0. The van der Waals surface area contributed by atoms with Gasteiger partial charge in [0.05, 0.1) is 0 Å². The highest BCUT2D eigenvalue weighted by atomic mass is 16.4. The van der Waals surface area contributed by atoms with Gasteiger partial charge >= 0.3 is 6.09 Å². The molecule has 3 heteroatoms. The molecule has 2 aliphatic heterocycles. The Balaban J connectivity index is 2.06. The molecular weight excluding hydrogens is 154 g/mol. The number of hydrogen-bond acceptors (Lipinski definition) is 1. The molecule has 3 nitrogen and oxygen atoms in total. The molecule has 3 fully saturated rings. The molecule has 0 radical (unpaired) electrons. The van der Waals surface area contributed by atoms with Gasteiger partial charge in [0.2, 0.25) is 0 Å². The van der Waals surface area contributed by atoms with E-state index in [1.165, 1.54) is 25.7 Å². The van der Waals surface area contributed by atoms with E-state index in [2.05, 4.69) is 0 Å². The fourth-order valence-corrected chi connectivity index (χ4v) is 2.45. The normalized spacial score (nSPS) is 34.8. The van der Waals surface area contributed by atoms with E-state index in [9.17, 15) is 4.79 Å². The zero-order valence-corrected chi connectivity index (χ0v) is 7.20. The lowest BCUT2D eigenvalue weighted by molar-refractivity contribution is 0.140. The van der Waals surface area contributed by atoms with Crippen molar-refractivity contribution in [3.8, 4) is 0 Å². The summed E-state index contributed by atoms with van der Waals surface area (Å²) in [4.78, 5) is 12.4. The van der Waals surface area contributed by atoms with Crippen LogP contribution in [0.25, 0.3) is 0 Å². The van der Waals surface area contributed by atoms with Crippen LogP contribution in [0, 0.1) is 11.8 Å². The van der Waals surface area contributed by atoms with E-state index in [1.54, 1.807) is 4.90 Å². The summed E-state index contributed by atoms with van der Waals surface area (Å²) < 4.78 is 0. The second-order valence-corrected chi connectivity index (χ2v) is 4.07. The Morgan fingerprint density at radius 1 is 1.08 bits per heavy atom. The van der Waals surface area contributed by atoms with Crippen molar-refractivity contribution in [2.75, 3.05) is 13.1 Å². The molecule has 1 aliphatic carbocycles. The van der Waals surface area contributed by atoms with E-state index in [-0.39, 0.29) is 0 Å². The maximum Gasteiger partial charge on any atom is 0.407 e. The summed E-state index contributed by atoms with van der Waals surface area (Å²) in [5.74, 6) is 1.31. The first-order valence-electron chi connectivity index (χ1n) is 4.73. The molecule has 2 heterocycles. The van der Waals surface area contributed by atoms with E-state index in [4.69, 9.17) is 5.11 Å². The van der Waals surface area contributed by atoms with Crippen LogP contribution >= 0.6 is 0 Å². The molecule has 0 spiro atoms. The van der Waals surface area contributed by atoms with Crippen molar-refractivity contribution in [2.24, 2.45) is 11.8 Å². The van der Waals surface area contributed by atoms with Crippen LogP contribution in [0.5, 0.6) is 0 Å². The van der Waals surface area contributed by atoms with Crippen LogP contribution in [0.1, 0.15) is 25.7 Å². The lowest BCUT2D eigenvalue weighted by Crippen LogP contribution is -2.33. The highest BCUT2D eigenvalue weighted by Gasteiger charge is 2.31. The number of nitrogens with zero attached hydrogens (tertiary/aromatic N) is 1. The van der Waals surface area contributed by atoms with Crippen molar-refractivity contribution < 1.29 is 9.90 Å². The van der Waals surface area contributed by atoms with Crippen molar-refractivity contribution in [3.63, 3.8) is 0 Å². The standard InChI is InChI=1S/C9H15NO2/c11-9(12)10-5-7-1-2-8(6-10)4-3-7/h7-8H,1-6H2,(H,11,12). The van der Waals surface area contributed by atoms with Gasteiger partial charge in [-0.25, -0.2) is 4.79 Å². The number of carbonyl (C=O) groups is 1. The molecule has 1 N–H and O–H groups in total. The van der Waals surface area contributed by atoms with E-state index in [0.29, 0.717) is 11.8 Å². The Labute approximate surface area is 72.4 Å². The Morgan fingerprint density at radius 3 is 1.83 bits per heavy atom. The summed E-state index contributed by atoms with van der Waals surface area (Å²) in [7, 11) is 0. The fraction of sp³-hybridized carbons (Fsp3) is 0.889. The topological polar surface area (TPSA) is 40.5 Å². The summed E-state index contributed by atoms with van der Waals surface area (Å²) in [6.45, 7) is 1.57. The lowest BCUT2D eigenvalue weighted by Gasteiger charge is -2.20. The van der Waals surface area contributed by atoms with Gasteiger partial charge in [-0.15, -0.1) is 0 Å². The molecule has 1 amide bonds. The van der Waals surface area contributed by atoms with Gasteiger partial charge in [0.25, 0.3) is 0 Å². The third kappa shape index (κ3) is 1.40. The predicted octanol–water partition coefficient (Wildman–Crippen LogP) is 1.79. The van der Waals surface area contributed by atoms with Gasteiger partial charge in [-0.05, 0) is 37.5 Å². The minimum atomic E-state index is -0.728.